The molecule has 1 atom stereocenters. The molecular formula is C18H25FN6O. The van der Waals surface area contributed by atoms with E-state index in [2.05, 4.69) is 20.4 Å². The zero-order valence-corrected chi connectivity index (χ0v) is 15.4. The topological polar surface area (TPSA) is 89.9 Å². The molecule has 1 aromatic carbocycles. The van der Waals surface area contributed by atoms with Gasteiger partial charge in [0.2, 0.25) is 5.91 Å². The van der Waals surface area contributed by atoms with Crippen molar-refractivity contribution in [2.75, 3.05) is 13.1 Å². The number of hydrogen-bond acceptors (Lipinski definition) is 5. The first-order valence-electron chi connectivity index (χ1n) is 8.85. The van der Waals surface area contributed by atoms with Crippen molar-refractivity contribution >= 4 is 5.91 Å². The van der Waals surface area contributed by atoms with Crippen molar-refractivity contribution in [3.8, 4) is 0 Å². The highest BCUT2D eigenvalue weighted by Crippen LogP contribution is 2.34. The Bertz CT molecular complexity index is 776. The third-order valence-corrected chi connectivity index (χ3v) is 4.87. The average molecular weight is 360 g/mol. The van der Waals surface area contributed by atoms with Gasteiger partial charge in [0.05, 0.1) is 5.54 Å². The number of aromatic nitrogens is 4. The van der Waals surface area contributed by atoms with E-state index in [9.17, 15) is 9.18 Å². The number of piperidine rings is 1. The van der Waals surface area contributed by atoms with Crippen LogP contribution in [-0.2, 0) is 10.3 Å². The first-order valence-corrected chi connectivity index (χ1v) is 8.85. The van der Waals surface area contributed by atoms with E-state index in [-0.39, 0.29) is 23.2 Å². The largest absolute Gasteiger partial charge is 0.369 e. The molecule has 0 saturated carbocycles. The zero-order chi connectivity index (χ0) is 18.9. The van der Waals surface area contributed by atoms with Crippen molar-refractivity contribution in [2.45, 2.75) is 45.2 Å². The van der Waals surface area contributed by atoms with Crippen LogP contribution in [0.5, 0.6) is 0 Å². The molecule has 0 aliphatic carbocycles. The summed E-state index contributed by atoms with van der Waals surface area (Å²) in [6, 6.07) is 6.28. The fraction of sp³-hybridized carbons (Fsp3) is 0.556. The molecule has 1 fully saturated rings. The van der Waals surface area contributed by atoms with Gasteiger partial charge in [0.1, 0.15) is 11.9 Å². The van der Waals surface area contributed by atoms with E-state index in [1.807, 2.05) is 26.8 Å². The molecule has 0 bridgehead atoms. The number of nitrogens with two attached hydrogens (primary N) is 1. The monoisotopic (exact) mass is 360 g/mol. The van der Waals surface area contributed by atoms with Gasteiger partial charge in [-0.05, 0) is 63.2 Å². The fourth-order valence-corrected chi connectivity index (χ4v) is 3.48. The molecule has 7 nitrogen and oxygen atoms in total. The standard InChI is InChI=1S/C18H25FN6O/c1-18(2,3)25-17(21-22-23-25)15(13-6-4-5-7-14(13)19)24-10-8-12(9-11-24)16(20)26/h4-7,12,15H,8-11H2,1-3H3,(H2,20,26). The van der Waals surface area contributed by atoms with Crippen molar-refractivity contribution in [3.05, 3.63) is 41.5 Å². The minimum atomic E-state index is -0.417. The summed E-state index contributed by atoms with van der Waals surface area (Å²) in [5.74, 6) is -0.101. The van der Waals surface area contributed by atoms with Gasteiger partial charge in [-0.2, -0.15) is 0 Å². The van der Waals surface area contributed by atoms with Gasteiger partial charge < -0.3 is 5.73 Å². The average Bonchev–Trinajstić information content (AvgIpc) is 3.07. The maximum Gasteiger partial charge on any atom is 0.220 e. The fourth-order valence-electron chi connectivity index (χ4n) is 3.48. The Balaban J connectivity index is 2.01. The molecule has 1 aromatic heterocycles. The number of nitrogens with zero attached hydrogens (tertiary/aromatic N) is 5. The lowest BCUT2D eigenvalue weighted by atomic mass is 9.93. The van der Waals surface area contributed by atoms with Crippen LogP contribution in [-0.4, -0.2) is 44.1 Å². The molecule has 1 aliphatic rings. The van der Waals surface area contributed by atoms with Gasteiger partial charge in [-0.15, -0.1) is 5.10 Å². The van der Waals surface area contributed by atoms with Gasteiger partial charge in [0.15, 0.2) is 5.82 Å². The first-order chi connectivity index (χ1) is 12.3. The number of amides is 1. The smallest absolute Gasteiger partial charge is 0.220 e. The molecular weight excluding hydrogens is 335 g/mol. The van der Waals surface area contributed by atoms with Crippen molar-refractivity contribution in [1.29, 1.82) is 0 Å². The summed E-state index contributed by atoms with van der Waals surface area (Å²) in [7, 11) is 0. The molecule has 2 N–H and O–H groups in total. The van der Waals surface area contributed by atoms with Gasteiger partial charge >= 0.3 is 0 Å². The second kappa shape index (κ2) is 7.11. The molecule has 0 radical (unpaired) electrons. The summed E-state index contributed by atoms with van der Waals surface area (Å²) in [5, 5.41) is 12.2. The third-order valence-electron chi connectivity index (χ3n) is 4.87. The lowest BCUT2D eigenvalue weighted by Crippen LogP contribution is -2.42. The Kier molecular flexibility index (Phi) is 5.04. The van der Waals surface area contributed by atoms with Crippen LogP contribution in [0.4, 0.5) is 4.39 Å². The van der Waals surface area contributed by atoms with E-state index >= 15 is 0 Å². The van der Waals surface area contributed by atoms with Gasteiger partial charge in [-0.25, -0.2) is 9.07 Å². The highest BCUT2D eigenvalue weighted by molar-refractivity contribution is 5.76. The number of carbonyl (C=O) groups excluding carboxylic acids is 1. The van der Waals surface area contributed by atoms with Crippen LogP contribution in [0.1, 0.15) is 51.0 Å². The van der Waals surface area contributed by atoms with Crippen molar-refractivity contribution in [3.63, 3.8) is 0 Å². The molecule has 1 amide bonds. The van der Waals surface area contributed by atoms with Crippen LogP contribution in [0.15, 0.2) is 24.3 Å². The number of rotatable bonds is 4. The van der Waals surface area contributed by atoms with Crippen LogP contribution in [0.3, 0.4) is 0 Å². The number of tetrazole rings is 1. The number of benzene rings is 1. The highest BCUT2D eigenvalue weighted by atomic mass is 19.1. The quantitative estimate of drug-likeness (QED) is 0.899. The molecule has 140 valence electrons. The predicted molar refractivity (Wildman–Crippen MR) is 94.5 cm³/mol. The lowest BCUT2D eigenvalue weighted by Gasteiger charge is -2.37. The summed E-state index contributed by atoms with van der Waals surface area (Å²) in [6.07, 6.45) is 1.30. The van der Waals surface area contributed by atoms with E-state index in [0.717, 1.165) is 0 Å². The molecule has 1 saturated heterocycles. The SMILES string of the molecule is CC(C)(C)n1nnnc1C(c1ccccc1F)N1CCC(C(N)=O)CC1. The van der Waals surface area contributed by atoms with E-state index in [4.69, 9.17) is 5.73 Å². The molecule has 8 heteroatoms. The van der Waals surface area contributed by atoms with Crippen molar-refractivity contribution < 1.29 is 9.18 Å². The van der Waals surface area contributed by atoms with Gasteiger partial charge in [0, 0.05) is 11.5 Å². The summed E-state index contributed by atoms with van der Waals surface area (Å²) < 4.78 is 16.4. The molecule has 1 unspecified atom stereocenters. The van der Waals surface area contributed by atoms with Gasteiger partial charge in [-0.3, -0.25) is 9.69 Å². The van der Waals surface area contributed by atoms with Crippen LogP contribution < -0.4 is 5.73 Å². The Morgan fingerprint density at radius 3 is 2.50 bits per heavy atom. The number of carbonyl (C=O) groups is 1. The Hall–Kier alpha value is -2.35. The van der Waals surface area contributed by atoms with E-state index in [0.29, 0.717) is 37.3 Å². The summed E-state index contributed by atoms with van der Waals surface area (Å²) in [4.78, 5) is 13.6. The number of likely N-dealkylation sites (tertiary alicyclic amines) is 1. The normalized spacial score (nSPS) is 18.0. The van der Waals surface area contributed by atoms with Crippen LogP contribution in [0.25, 0.3) is 0 Å². The van der Waals surface area contributed by atoms with Gasteiger partial charge in [-0.1, -0.05) is 18.2 Å². The Morgan fingerprint density at radius 1 is 1.27 bits per heavy atom. The third kappa shape index (κ3) is 3.60. The zero-order valence-electron chi connectivity index (χ0n) is 15.4. The first kappa shape index (κ1) is 18.4. The second-order valence-electron chi connectivity index (χ2n) is 7.76. The lowest BCUT2D eigenvalue weighted by molar-refractivity contribution is -0.123. The molecule has 0 spiro atoms. The number of primary amides is 1. The molecule has 3 rings (SSSR count). The Labute approximate surface area is 152 Å². The second-order valence-corrected chi connectivity index (χ2v) is 7.76. The minimum Gasteiger partial charge on any atom is -0.369 e. The van der Waals surface area contributed by atoms with Crippen LogP contribution in [0.2, 0.25) is 0 Å². The highest BCUT2D eigenvalue weighted by Gasteiger charge is 2.35. The van der Waals surface area contributed by atoms with E-state index < -0.39 is 6.04 Å². The van der Waals surface area contributed by atoms with E-state index in [1.54, 1.807) is 16.8 Å². The summed E-state index contributed by atoms with van der Waals surface area (Å²) in [5.41, 5.74) is 5.64. The van der Waals surface area contributed by atoms with Gasteiger partial charge in [0.25, 0.3) is 0 Å². The maximum absolute atomic E-state index is 14.6. The maximum atomic E-state index is 14.6. The van der Waals surface area contributed by atoms with Crippen molar-refractivity contribution in [1.82, 2.24) is 25.1 Å². The Morgan fingerprint density at radius 2 is 1.92 bits per heavy atom. The minimum absolute atomic E-state index is 0.133. The number of hydrogen-bond donors (Lipinski definition) is 1. The molecule has 26 heavy (non-hydrogen) atoms. The van der Waals surface area contributed by atoms with Crippen LogP contribution in [0, 0.1) is 11.7 Å². The molecule has 2 heterocycles. The van der Waals surface area contributed by atoms with Crippen LogP contribution >= 0.6 is 0 Å². The molecule has 2 aromatic rings. The predicted octanol–water partition coefficient (Wildman–Crippen LogP) is 1.85. The summed E-state index contributed by atoms with van der Waals surface area (Å²) in [6.45, 7) is 7.27. The molecule has 1 aliphatic heterocycles. The summed E-state index contributed by atoms with van der Waals surface area (Å²) >= 11 is 0. The van der Waals surface area contributed by atoms with Crippen molar-refractivity contribution in [2.24, 2.45) is 11.7 Å². The number of halogens is 1. The van der Waals surface area contributed by atoms with E-state index in [1.165, 1.54) is 6.07 Å².